The molecule has 0 aliphatic carbocycles. The van der Waals surface area contributed by atoms with Crippen LogP contribution in [0.25, 0.3) is 6.08 Å². The predicted octanol–water partition coefficient (Wildman–Crippen LogP) is 1.94. The molecule has 0 heterocycles. The van der Waals surface area contributed by atoms with E-state index in [9.17, 15) is 4.39 Å². The molecule has 2 N–H and O–H groups in total. The number of hydrogen-bond acceptors (Lipinski definition) is 2. The number of aliphatic hydroxyl groups excluding tert-OH is 1. The molecule has 0 saturated carbocycles. The van der Waals surface area contributed by atoms with Gasteiger partial charge in [-0.2, -0.15) is 0 Å². The monoisotopic (exact) mass is 209 g/mol. The highest BCUT2D eigenvalue weighted by molar-refractivity contribution is 5.51. The van der Waals surface area contributed by atoms with Crippen LogP contribution in [0.3, 0.4) is 0 Å². The van der Waals surface area contributed by atoms with Gasteiger partial charge in [-0.1, -0.05) is 30.4 Å². The molecule has 3 heteroatoms. The first-order valence-corrected chi connectivity index (χ1v) is 4.99. The van der Waals surface area contributed by atoms with Gasteiger partial charge in [-0.05, 0) is 20.0 Å². The molecule has 0 atom stereocenters. The maximum Gasteiger partial charge on any atom is 0.135 e. The summed E-state index contributed by atoms with van der Waals surface area (Å²) in [6.45, 7) is 0.613. The summed E-state index contributed by atoms with van der Waals surface area (Å²) in [4.78, 5) is 0. The number of aliphatic hydroxyl groups is 1. The Hall–Kier alpha value is -1.19. The van der Waals surface area contributed by atoms with Crippen LogP contribution in [0, 0.1) is 5.82 Å². The topological polar surface area (TPSA) is 32.3 Å². The van der Waals surface area contributed by atoms with E-state index in [1.54, 1.807) is 24.3 Å². The van der Waals surface area contributed by atoms with E-state index in [-0.39, 0.29) is 12.4 Å². The summed E-state index contributed by atoms with van der Waals surface area (Å²) in [6, 6.07) is 5.02. The first kappa shape index (κ1) is 11.9. The molecular formula is C12H16FNO. The van der Waals surface area contributed by atoms with Crippen molar-refractivity contribution in [3.63, 3.8) is 0 Å². The highest BCUT2D eigenvalue weighted by Crippen LogP contribution is 2.14. The third-order valence-electron chi connectivity index (χ3n) is 2.14. The molecule has 2 nitrogen and oxygen atoms in total. The van der Waals surface area contributed by atoms with E-state index < -0.39 is 0 Å². The Bertz CT molecular complexity index is 336. The largest absolute Gasteiger partial charge is 0.392 e. The Morgan fingerprint density at radius 2 is 2.27 bits per heavy atom. The summed E-state index contributed by atoms with van der Waals surface area (Å²) in [5.41, 5.74) is 0.864. The van der Waals surface area contributed by atoms with Gasteiger partial charge in [0.05, 0.1) is 6.61 Å². The number of halogens is 1. The Morgan fingerprint density at radius 1 is 1.47 bits per heavy atom. The molecule has 82 valence electrons. The van der Waals surface area contributed by atoms with E-state index in [0.717, 1.165) is 13.0 Å². The van der Waals surface area contributed by atoms with Gasteiger partial charge in [-0.25, -0.2) is 4.39 Å². The van der Waals surface area contributed by atoms with Crippen LogP contribution in [0.4, 0.5) is 4.39 Å². The lowest BCUT2D eigenvalue weighted by molar-refractivity contribution is 0.275. The summed E-state index contributed by atoms with van der Waals surface area (Å²) in [5.74, 6) is -0.333. The molecular weight excluding hydrogens is 193 g/mol. The van der Waals surface area contributed by atoms with Crippen molar-refractivity contribution in [2.45, 2.75) is 13.0 Å². The van der Waals surface area contributed by atoms with Gasteiger partial charge in [0.15, 0.2) is 0 Å². The van der Waals surface area contributed by atoms with Gasteiger partial charge in [0, 0.05) is 11.1 Å². The van der Waals surface area contributed by atoms with E-state index in [1.165, 1.54) is 0 Å². The summed E-state index contributed by atoms with van der Waals surface area (Å²) in [6.07, 6.45) is 4.52. The predicted molar refractivity (Wildman–Crippen MR) is 59.9 cm³/mol. The normalized spacial score (nSPS) is 11.1. The van der Waals surface area contributed by atoms with Crippen LogP contribution in [-0.2, 0) is 6.61 Å². The van der Waals surface area contributed by atoms with Crippen LogP contribution in [0.2, 0.25) is 0 Å². The van der Waals surface area contributed by atoms with E-state index in [2.05, 4.69) is 5.32 Å². The first-order valence-electron chi connectivity index (χ1n) is 4.99. The summed E-state index contributed by atoms with van der Waals surface area (Å²) in [5, 5.41) is 11.9. The fraction of sp³-hybridized carbons (Fsp3) is 0.333. The molecule has 0 aliphatic heterocycles. The second-order valence-corrected chi connectivity index (χ2v) is 3.27. The standard InChI is InChI=1S/C12H16FNO/c1-14-8-3-2-5-10-6-4-7-11(9-15)12(10)13/h2,4-7,14-15H,3,8-9H2,1H3. The van der Waals surface area contributed by atoms with Crippen molar-refractivity contribution in [1.82, 2.24) is 5.32 Å². The molecule has 0 bridgehead atoms. The van der Waals surface area contributed by atoms with Crippen molar-refractivity contribution in [3.05, 3.63) is 41.2 Å². The molecule has 0 amide bonds. The van der Waals surface area contributed by atoms with E-state index >= 15 is 0 Å². The van der Waals surface area contributed by atoms with Gasteiger partial charge in [-0.3, -0.25) is 0 Å². The van der Waals surface area contributed by atoms with Gasteiger partial charge in [0.25, 0.3) is 0 Å². The summed E-state index contributed by atoms with van der Waals surface area (Å²) < 4.78 is 13.6. The number of hydrogen-bond donors (Lipinski definition) is 2. The Morgan fingerprint density at radius 3 is 2.93 bits per heavy atom. The molecule has 15 heavy (non-hydrogen) atoms. The van der Waals surface area contributed by atoms with Crippen LogP contribution in [0.5, 0.6) is 0 Å². The minimum Gasteiger partial charge on any atom is -0.392 e. The van der Waals surface area contributed by atoms with Crippen molar-refractivity contribution in [2.75, 3.05) is 13.6 Å². The van der Waals surface area contributed by atoms with Crippen molar-refractivity contribution < 1.29 is 9.50 Å². The van der Waals surface area contributed by atoms with Gasteiger partial charge in [0.1, 0.15) is 5.82 Å². The minimum atomic E-state index is -0.333. The Labute approximate surface area is 89.4 Å². The Kier molecular flexibility index (Phi) is 5.01. The SMILES string of the molecule is CNCCC=Cc1cccc(CO)c1F. The fourth-order valence-electron chi connectivity index (χ4n) is 1.29. The summed E-state index contributed by atoms with van der Waals surface area (Å²) >= 11 is 0. The zero-order valence-electron chi connectivity index (χ0n) is 8.83. The van der Waals surface area contributed by atoms with Crippen molar-refractivity contribution >= 4 is 6.08 Å². The van der Waals surface area contributed by atoms with E-state index in [0.29, 0.717) is 11.1 Å². The maximum absolute atomic E-state index is 13.6. The molecule has 1 aromatic rings. The van der Waals surface area contributed by atoms with Crippen LogP contribution in [0.15, 0.2) is 24.3 Å². The number of benzene rings is 1. The third kappa shape index (κ3) is 3.46. The molecule has 0 unspecified atom stereocenters. The zero-order valence-corrected chi connectivity index (χ0v) is 8.83. The van der Waals surface area contributed by atoms with Crippen LogP contribution in [-0.4, -0.2) is 18.7 Å². The number of nitrogens with one attached hydrogen (secondary N) is 1. The van der Waals surface area contributed by atoms with Crippen molar-refractivity contribution in [2.24, 2.45) is 0 Å². The average Bonchev–Trinajstić information content (AvgIpc) is 2.26. The quantitative estimate of drug-likeness (QED) is 0.726. The highest BCUT2D eigenvalue weighted by Gasteiger charge is 2.03. The first-order chi connectivity index (χ1) is 7.29. The van der Waals surface area contributed by atoms with E-state index in [1.807, 2.05) is 13.1 Å². The molecule has 1 rings (SSSR count). The van der Waals surface area contributed by atoms with Crippen LogP contribution in [0.1, 0.15) is 17.5 Å². The van der Waals surface area contributed by atoms with Crippen molar-refractivity contribution in [3.8, 4) is 0 Å². The zero-order chi connectivity index (χ0) is 11.1. The summed E-state index contributed by atoms with van der Waals surface area (Å²) in [7, 11) is 1.88. The smallest absolute Gasteiger partial charge is 0.135 e. The molecule has 1 aromatic carbocycles. The molecule has 0 aromatic heterocycles. The molecule has 0 saturated heterocycles. The molecule has 0 fully saturated rings. The Balaban J connectivity index is 2.72. The average molecular weight is 209 g/mol. The highest BCUT2D eigenvalue weighted by atomic mass is 19.1. The second-order valence-electron chi connectivity index (χ2n) is 3.27. The lowest BCUT2D eigenvalue weighted by atomic mass is 10.1. The molecule has 0 radical (unpaired) electrons. The van der Waals surface area contributed by atoms with Gasteiger partial charge < -0.3 is 10.4 Å². The molecule has 0 aliphatic rings. The van der Waals surface area contributed by atoms with Gasteiger partial charge in [-0.15, -0.1) is 0 Å². The third-order valence-corrected chi connectivity index (χ3v) is 2.14. The fourth-order valence-corrected chi connectivity index (χ4v) is 1.29. The van der Waals surface area contributed by atoms with Crippen LogP contribution >= 0.6 is 0 Å². The van der Waals surface area contributed by atoms with Gasteiger partial charge in [0.2, 0.25) is 0 Å². The lowest BCUT2D eigenvalue weighted by Gasteiger charge is -2.02. The van der Waals surface area contributed by atoms with Crippen molar-refractivity contribution in [1.29, 1.82) is 0 Å². The molecule has 0 spiro atoms. The van der Waals surface area contributed by atoms with Crippen LogP contribution < -0.4 is 5.32 Å². The lowest BCUT2D eigenvalue weighted by Crippen LogP contribution is -2.05. The second kappa shape index (κ2) is 6.32. The number of rotatable bonds is 5. The minimum absolute atomic E-state index is 0.260. The van der Waals surface area contributed by atoms with E-state index in [4.69, 9.17) is 5.11 Å². The van der Waals surface area contributed by atoms with Gasteiger partial charge >= 0.3 is 0 Å². The maximum atomic E-state index is 13.6.